The minimum absolute atomic E-state index is 0.173. The summed E-state index contributed by atoms with van der Waals surface area (Å²) in [5.74, 6) is 0.981. The van der Waals surface area contributed by atoms with Crippen molar-refractivity contribution >= 4 is 5.78 Å². The monoisotopic (exact) mass is 254 g/mol. The first-order chi connectivity index (χ1) is 9.29. The second-order valence-corrected chi connectivity index (χ2v) is 4.37. The first kappa shape index (κ1) is 13.3. The molecule has 0 aromatic heterocycles. The number of rotatable bonds is 6. The summed E-state index contributed by atoms with van der Waals surface area (Å²) in [5, 5.41) is 0. The second kappa shape index (κ2) is 6.74. The topological polar surface area (TPSA) is 26.3 Å². The first-order valence-corrected chi connectivity index (χ1v) is 6.59. The molecule has 0 aliphatic rings. The average molecular weight is 254 g/mol. The Labute approximate surface area is 114 Å². The highest BCUT2D eigenvalue weighted by Gasteiger charge is 2.06. The third-order valence-corrected chi connectivity index (χ3v) is 2.97. The molecule has 0 saturated carbocycles. The van der Waals surface area contributed by atoms with Crippen LogP contribution < -0.4 is 4.74 Å². The van der Waals surface area contributed by atoms with E-state index in [0.29, 0.717) is 13.0 Å². The number of ketones is 1. The molecule has 0 saturated heterocycles. The van der Waals surface area contributed by atoms with E-state index < -0.39 is 0 Å². The van der Waals surface area contributed by atoms with Gasteiger partial charge < -0.3 is 4.74 Å². The fourth-order valence-electron chi connectivity index (χ4n) is 1.95. The van der Waals surface area contributed by atoms with Crippen LogP contribution in [0.15, 0.2) is 54.6 Å². The van der Waals surface area contributed by atoms with E-state index >= 15 is 0 Å². The van der Waals surface area contributed by atoms with Gasteiger partial charge >= 0.3 is 0 Å². The molecule has 0 amide bonds. The molecule has 0 heterocycles. The van der Waals surface area contributed by atoms with Crippen molar-refractivity contribution in [2.45, 2.75) is 19.8 Å². The van der Waals surface area contributed by atoms with Gasteiger partial charge in [-0.3, -0.25) is 4.79 Å². The average Bonchev–Trinajstić information content (AvgIpc) is 2.47. The normalized spacial score (nSPS) is 10.2. The maximum absolute atomic E-state index is 12.0. The van der Waals surface area contributed by atoms with Crippen LogP contribution >= 0.6 is 0 Å². The maximum atomic E-state index is 12.0. The van der Waals surface area contributed by atoms with Gasteiger partial charge in [-0.25, -0.2) is 0 Å². The highest BCUT2D eigenvalue weighted by molar-refractivity contribution is 5.96. The Morgan fingerprint density at radius 1 is 1.00 bits per heavy atom. The van der Waals surface area contributed by atoms with E-state index in [1.807, 2.05) is 61.5 Å². The van der Waals surface area contributed by atoms with E-state index in [0.717, 1.165) is 17.7 Å². The van der Waals surface area contributed by atoms with Gasteiger partial charge in [-0.2, -0.15) is 0 Å². The van der Waals surface area contributed by atoms with Crippen LogP contribution in [0.1, 0.15) is 29.3 Å². The Hall–Kier alpha value is -2.09. The summed E-state index contributed by atoms with van der Waals surface area (Å²) < 4.78 is 5.36. The SMILES string of the molecule is CCOc1ccc(C(=O)CCc2ccccc2)cc1. The van der Waals surface area contributed by atoms with E-state index in [2.05, 4.69) is 0 Å². The lowest BCUT2D eigenvalue weighted by atomic mass is 10.0. The summed E-state index contributed by atoms with van der Waals surface area (Å²) in [7, 11) is 0. The lowest BCUT2D eigenvalue weighted by molar-refractivity contribution is 0.0983. The molecule has 2 aromatic carbocycles. The maximum Gasteiger partial charge on any atom is 0.163 e. The molecule has 2 nitrogen and oxygen atoms in total. The van der Waals surface area contributed by atoms with E-state index in [4.69, 9.17) is 4.74 Å². The third-order valence-electron chi connectivity index (χ3n) is 2.97. The smallest absolute Gasteiger partial charge is 0.163 e. The van der Waals surface area contributed by atoms with Crippen molar-refractivity contribution < 1.29 is 9.53 Å². The Balaban J connectivity index is 1.92. The summed E-state index contributed by atoms with van der Waals surface area (Å²) in [6.07, 6.45) is 1.32. The number of carbonyl (C=O) groups is 1. The second-order valence-electron chi connectivity index (χ2n) is 4.37. The molecule has 0 radical (unpaired) electrons. The fraction of sp³-hybridized carbons (Fsp3) is 0.235. The molecule has 0 fully saturated rings. The molecule has 0 aliphatic carbocycles. The number of aryl methyl sites for hydroxylation is 1. The minimum atomic E-state index is 0.173. The van der Waals surface area contributed by atoms with E-state index in [1.54, 1.807) is 0 Å². The van der Waals surface area contributed by atoms with E-state index in [9.17, 15) is 4.79 Å². The van der Waals surface area contributed by atoms with Crippen molar-refractivity contribution in [2.75, 3.05) is 6.61 Å². The molecule has 0 N–H and O–H groups in total. The van der Waals surface area contributed by atoms with Gasteiger partial charge in [0.15, 0.2) is 5.78 Å². The Kier molecular flexibility index (Phi) is 4.73. The standard InChI is InChI=1S/C17H18O2/c1-2-19-16-11-9-15(10-12-16)17(18)13-8-14-6-4-3-5-7-14/h3-7,9-12H,2,8,13H2,1H3. The highest BCUT2D eigenvalue weighted by atomic mass is 16.5. The molecule has 2 heteroatoms. The molecule has 19 heavy (non-hydrogen) atoms. The molecule has 0 bridgehead atoms. The zero-order valence-electron chi connectivity index (χ0n) is 11.1. The lowest BCUT2D eigenvalue weighted by Gasteiger charge is -2.05. The van der Waals surface area contributed by atoms with Crippen LogP contribution in [0, 0.1) is 0 Å². The predicted molar refractivity (Wildman–Crippen MR) is 76.7 cm³/mol. The van der Waals surface area contributed by atoms with E-state index in [-0.39, 0.29) is 5.78 Å². The summed E-state index contributed by atoms with van der Waals surface area (Å²) in [6, 6.07) is 17.4. The van der Waals surface area contributed by atoms with Crippen LogP contribution in [0.25, 0.3) is 0 Å². The van der Waals surface area contributed by atoms with Crippen LogP contribution in [-0.4, -0.2) is 12.4 Å². The van der Waals surface area contributed by atoms with Crippen LogP contribution in [-0.2, 0) is 6.42 Å². The van der Waals surface area contributed by atoms with Gasteiger partial charge in [0.05, 0.1) is 6.61 Å². The van der Waals surface area contributed by atoms with E-state index in [1.165, 1.54) is 5.56 Å². The van der Waals surface area contributed by atoms with Gasteiger partial charge in [-0.05, 0) is 43.2 Å². The van der Waals surface area contributed by atoms with Crippen molar-refractivity contribution in [2.24, 2.45) is 0 Å². The van der Waals surface area contributed by atoms with Gasteiger partial charge in [0, 0.05) is 12.0 Å². The van der Waals surface area contributed by atoms with Gasteiger partial charge in [-0.1, -0.05) is 30.3 Å². The molecule has 98 valence electrons. The number of ether oxygens (including phenoxy) is 1. The number of benzene rings is 2. The van der Waals surface area contributed by atoms with Crippen molar-refractivity contribution in [1.29, 1.82) is 0 Å². The zero-order chi connectivity index (χ0) is 13.5. The Bertz CT molecular complexity index is 515. The van der Waals surface area contributed by atoms with Gasteiger partial charge in [0.1, 0.15) is 5.75 Å². The van der Waals surface area contributed by atoms with Crippen LogP contribution in [0.3, 0.4) is 0 Å². The molecule has 2 aromatic rings. The molecular weight excluding hydrogens is 236 g/mol. The highest BCUT2D eigenvalue weighted by Crippen LogP contribution is 2.14. The third kappa shape index (κ3) is 3.95. The molecule has 0 unspecified atom stereocenters. The molecule has 2 rings (SSSR count). The first-order valence-electron chi connectivity index (χ1n) is 6.59. The molecule has 0 atom stereocenters. The number of Topliss-reactive ketones (excluding diaryl/α,β-unsaturated/α-hetero) is 1. The Morgan fingerprint density at radius 3 is 2.32 bits per heavy atom. The van der Waals surface area contributed by atoms with Gasteiger partial charge in [-0.15, -0.1) is 0 Å². The van der Waals surface area contributed by atoms with Crippen molar-refractivity contribution in [1.82, 2.24) is 0 Å². The summed E-state index contributed by atoms with van der Waals surface area (Å²) in [5.41, 5.74) is 1.95. The van der Waals surface area contributed by atoms with Crippen LogP contribution in [0.2, 0.25) is 0 Å². The number of carbonyl (C=O) groups excluding carboxylic acids is 1. The lowest BCUT2D eigenvalue weighted by Crippen LogP contribution is -2.01. The largest absolute Gasteiger partial charge is 0.494 e. The van der Waals surface area contributed by atoms with Crippen molar-refractivity contribution in [3.63, 3.8) is 0 Å². The summed E-state index contributed by atoms with van der Waals surface area (Å²) >= 11 is 0. The minimum Gasteiger partial charge on any atom is -0.494 e. The molecular formula is C17H18O2. The number of hydrogen-bond acceptors (Lipinski definition) is 2. The van der Waals surface area contributed by atoms with Gasteiger partial charge in [0.2, 0.25) is 0 Å². The predicted octanol–water partition coefficient (Wildman–Crippen LogP) is 3.90. The summed E-state index contributed by atoms with van der Waals surface area (Å²) in [6.45, 7) is 2.58. The van der Waals surface area contributed by atoms with Crippen LogP contribution in [0.4, 0.5) is 0 Å². The fourth-order valence-corrected chi connectivity index (χ4v) is 1.95. The zero-order valence-corrected chi connectivity index (χ0v) is 11.1. The van der Waals surface area contributed by atoms with Crippen molar-refractivity contribution in [3.8, 4) is 5.75 Å². The number of hydrogen-bond donors (Lipinski definition) is 0. The van der Waals surface area contributed by atoms with Gasteiger partial charge in [0.25, 0.3) is 0 Å². The molecule has 0 spiro atoms. The Morgan fingerprint density at radius 2 is 1.68 bits per heavy atom. The summed E-state index contributed by atoms with van der Waals surface area (Å²) in [4.78, 5) is 12.0. The van der Waals surface area contributed by atoms with Crippen molar-refractivity contribution in [3.05, 3.63) is 65.7 Å². The quantitative estimate of drug-likeness (QED) is 0.731. The van der Waals surface area contributed by atoms with Crippen LogP contribution in [0.5, 0.6) is 5.75 Å². The molecule has 0 aliphatic heterocycles.